The summed E-state index contributed by atoms with van der Waals surface area (Å²) in [6, 6.07) is 7.39. The number of nitrogen functional groups attached to an aromatic ring is 1. The van der Waals surface area contributed by atoms with E-state index in [1.165, 1.54) is 0 Å². The van der Waals surface area contributed by atoms with Crippen LogP contribution in [-0.2, 0) is 11.3 Å². The molecule has 1 heterocycles. The lowest BCUT2D eigenvalue weighted by Gasteiger charge is -2.15. The lowest BCUT2D eigenvalue weighted by Crippen LogP contribution is -2.29. The number of amides is 1. The minimum absolute atomic E-state index is 0.0701. The molecule has 0 atom stereocenters. The number of nitrogens with zero attached hydrogens (tertiary/aromatic N) is 1. The Labute approximate surface area is 118 Å². The average Bonchev–Trinajstić information content (AvgIpc) is 2.86. The highest BCUT2D eigenvalue weighted by atomic mass is 16.3. The number of aryl methyl sites for hydroxylation is 1. The number of anilines is 2. The number of carbonyl (C=O) groups is 1. The van der Waals surface area contributed by atoms with E-state index in [1.807, 2.05) is 37.1 Å². The standard InChI is InChI=1S/C15H19N3O2/c1-11-3-4-13(7-14(11)16)17-15(19)9-18(2)8-12-5-6-20-10-12/h3-7,10H,8-9,16H2,1-2H3,(H,17,19). The second-order valence-corrected chi connectivity index (χ2v) is 4.92. The van der Waals surface area contributed by atoms with Gasteiger partial charge in [0.1, 0.15) is 0 Å². The normalized spacial score (nSPS) is 10.8. The van der Waals surface area contributed by atoms with E-state index in [9.17, 15) is 4.79 Å². The Morgan fingerprint density at radius 2 is 2.20 bits per heavy atom. The maximum atomic E-state index is 11.9. The largest absolute Gasteiger partial charge is 0.472 e. The monoisotopic (exact) mass is 273 g/mol. The SMILES string of the molecule is Cc1ccc(NC(=O)CN(C)Cc2ccoc2)cc1N. The van der Waals surface area contributed by atoms with Crippen molar-refractivity contribution >= 4 is 17.3 Å². The molecule has 0 unspecified atom stereocenters. The van der Waals surface area contributed by atoms with E-state index in [0.717, 1.165) is 16.8 Å². The van der Waals surface area contributed by atoms with E-state index in [4.69, 9.17) is 10.2 Å². The van der Waals surface area contributed by atoms with Crippen LogP contribution in [0.5, 0.6) is 0 Å². The molecule has 0 aliphatic heterocycles. The first-order valence-corrected chi connectivity index (χ1v) is 6.40. The number of carbonyl (C=O) groups excluding carboxylic acids is 1. The third-order valence-corrected chi connectivity index (χ3v) is 3.01. The van der Waals surface area contributed by atoms with E-state index >= 15 is 0 Å². The van der Waals surface area contributed by atoms with Crippen LogP contribution in [0.15, 0.2) is 41.2 Å². The third kappa shape index (κ3) is 3.86. The molecule has 0 saturated carbocycles. The van der Waals surface area contributed by atoms with Crippen molar-refractivity contribution in [3.63, 3.8) is 0 Å². The van der Waals surface area contributed by atoms with E-state index in [-0.39, 0.29) is 5.91 Å². The zero-order valence-corrected chi connectivity index (χ0v) is 11.7. The maximum absolute atomic E-state index is 11.9. The Kier molecular flexibility index (Phi) is 4.42. The quantitative estimate of drug-likeness (QED) is 0.820. The fraction of sp³-hybridized carbons (Fsp3) is 0.267. The second kappa shape index (κ2) is 6.25. The average molecular weight is 273 g/mol. The highest BCUT2D eigenvalue weighted by molar-refractivity contribution is 5.92. The fourth-order valence-corrected chi connectivity index (χ4v) is 1.91. The van der Waals surface area contributed by atoms with Gasteiger partial charge in [-0.1, -0.05) is 6.07 Å². The molecule has 5 heteroatoms. The topological polar surface area (TPSA) is 71.5 Å². The highest BCUT2D eigenvalue weighted by Crippen LogP contribution is 2.16. The van der Waals surface area contributed by atoms with Crippen molar-refractivity contribution in [1.29, 1.82) is 0 Å². The zero-order valence-electron chi connectivity index (χ0n) is 11.7. The second-order valence-electron chi connectivity index (χ2n) is 4.92. The Morgan fingerprint density at radius 1 is 1.40 bits per heavy atom. The van der Waals surface area contributed by atoms with E-state index < -0.39 is 0 Å². The summed E-state index contributed by atoms with van der Waals surface area (Å²) in [5.74, 6) is -0.0701. The summed E-state index contributed by atoms with van der Waals surface area (Å²) >= 11 is 0. The van der Waals surface area contributed by atoms with Gasteiger partial charge in [-0.25, -0.2) is 0 Å². The first-order valence-electron chi connectivity index (χ1n) is 6.40. The van der Waals surface area contributed by atoms with Gasteiger partial charge in [-0.2, -0.15) is 0 Å². The summed E-state index contributed by atoms with van der Waals surface area (Å²) in [4.78, 5) is 13.8. The molecule has 0 aliphatic carbocycles. The fourth-order valence-electron chi connectivity index (χ4n) is 1.91. The Bertz CT molecular complexity index is 579. The van der Waals surface area contributed by atoms with Crippen LogP contribution in [-0.4, -0.2) is 24.4 Å². The van der Waals surface area contributed by atoms with Gasteiger partial charge in [0.15, 0.2) is 0 Å². The highest BCUT2D eigenvalue weighted by Gasteiger charge is 2.08. The number of likely N-dealkylation sites (N-methyl/N-ethyl adjacent to an activating group) is 1. The van der Waals surface area contributed by atoms with Gasteiger partial charge in [0, 0.05) is 23.5 Å². The number of benzene rings is 1. The van der Waals surface area contributed by atoms with Crippen molar-refractivity contribution in [3.8, 4) is 0 Å². The van der Waals surface area contributed by atoms with Crippen molar-refractivity contribution in [2.45, 2.75) is 13.5 Å². The summed E-state index contributed by atoms with van der Waals surface area (Å²) in [6.07, 6.45) is 3.30. The molecule has 0 fully saturated rings. The number of nitrogens with two attached hydrogens (primary N) is 1. The Hall–Kier alpha value is -2.27. The van der Waals surface area contributed by atoms with Crippen LogP contribution in [0.4, 0.5) is 11.4 Å². The molecule has 1 amide bonds. The van der Waals surface area contributed by atoms with Crippen LogP contribution in [0.3, 0.4) is 0 Å². The van der Waals surface area contributed by atoms with Gasteiger partial charge in [-0.3, -0.25) is 9.69 Å². The van der Waals surface area contributed by atoms with Gasteiger partial charge in [-0.05, 0) is 37.7 Å². The molecule has 3 N–H and O–H groups in total. The molecule has 1 aromatic carbocycles. The van der Waals surface area contributed by atoms with Crippen LogP contribution in [0.25, 0.3) is 0 Å². The molecule has 0 saturated heterocycles. The van der Waals surface area contributed by atoms with E-state index in [1.54, 1.807) is 18.6 Å². The predicted molar refractivity (Wildman–Crippen MR) is 79.3 cm³/mol. The van der Waals surface area contributed by atoms with Gasteiger partial charge >= 0.3 is 0 Å². The number of rotatable bonds is 5. The smallest absolute Gasteiger partial charge is 0.238 e. The summed E-state index contributed by atoms with van der Waals surface area (Å²) in [7, 11) is 1.89. The van der Waals surface area contributed by atoms with Gasteiger partial charge in [0.25, 0.3) is 0 Å². The first kappa shape index (κ1) is 14.1. The lowest BCUT2D eigenvalue weighted by atomic mass is 10.2. The molecule has 1 aromatic heterocycles. The molecule has 0 radical (unpaired) electrons. The van der Waals surface area contributed by atoms with Crippen molar-refractivity contribution in [2.24, 2.45) is 0 Å². The summed E-state index contributed by atoms with van der Waals surface area (Å²) in [5.41, 5.74) is 9.25. The van der Waals surface area contributed by atoms with Gasteiger partial charge in [-0.15, -0.1) is 0 Å². The molecule has 106 valence electrons. The van der Waals surface area contributed by atoms with Crippen molar-refractivity contribution in [1.82, 2.24) is 4.90 Å². The molecule has 5 nitrogen and oxygen atoms in total. The molecule has 0 bridgehead atoms. The summed E-state index contributed by atoms with van der Waals surface area (Å²) in [5, 5.41) is 2.84. The van der Waals surface area contributed by atoms with Crippen LogP contribution < -0.4 is 11.1 Å². The van der Waals surface area contributed by atoms with Crippen LogP contribution in [0, 0.1) is 6.92 Å². The summed E-state index contributed by atoms with van der Waals surface area (Å²) in [6.45, 7) is 2.90. The van der Waals surface area contributed by atoms with Crippen molar-refractivity contribution in [3.05, 3.63) is 47.9 Å². The first-order chi connectivity index (χ1) is 9.54. The predicted octanol–water partition coefficient (Wildman–Crippen LogP) is 2.24. The molecule has 0 aliphatic rings. The molecule has 20 heavy (non-hydrogen) atoms. The number of furan rings is 1. The van der Waals surface area contributed by atoms with E-state index in [2.05, 4.69) is 5.32 Å². The minimum Gasteiger partial charge on any atom is -0.472 e. The molecular weight excluding hydrogens is 254 g/mol. The molecule has 2 rings (SSSR count). The third-order valence-electron chi connectivity index (χ3n) is 3.01. The Morgan fingerprint density at radius 3 is 2.85 bits per heavy atom. The van der Waals surface area contributed by atoms with Crippen molar-refractivity contribution < 1.29 is 9.21 Å². The van der Waals surface area contributed by atoms with Gasteiger partial charge in [0.05, 0.1) is 19.1 Å². The van der Waals surface area contributed by atoms with Gasteiger partial charge in [0.2, 0.25) is 5.91 Å². The molecule has 0 spiro atoms. The van der Waals surface area contributed by atoms with Crippen LogP contribution in [0.2, 0.25) is 0 Å². The van der Waals surface area contributed by atoms with E-state index in [0.29, 0.717) is 18.8 Å². The zero-order chi connectivity index (χ0) is 14.5. The van der Waals surface area contributed by atoms with Crippen molar-refractivity contribution in [2.75, 3.05) is 24.6 Å². The lowest BCUT2D eigenvalue weighted by molar-refractivity contribution is -0.117. The number of hydrogen-bond acceptors (Lipinski definition) is 4. The molecular formula is C15H19N3O2. The van der Waals surface area contributed by atoms with Crippen LogP contribution >= 0.6 is 0 Å². The number of nitrogens with one attached hydrogen (secondary N) is 1. The summed E-state index contributed by atoms with van der Waals surface area (Å²) < 4.78 is 5.00. The van der Waals surface area contributed by atoms with Crippen LogP contribution in [0.1, 0.15) is 11.1 Å². The number of hydrogen-bond donors (Lipinski definition) is 2. The molecule has 2 aromatic rings. The maximum Gasteiger partial charge on any atom is 0.238 e. The Balaban J connectivity index is 1.87. The minimum atomic E-state index is -0.0701. The van der Waals surface area contributed by atoms with Gasteiger partial charge < -0.3 is 15.5 Å².